The van der Waals surface area contributed by atoms with Crippen LogP contribution in [0.4, 0.5) is 4.39 Å². The molecule has 0 unspecified atom stereocenters. The summed E-state index contributed by atoms with van der Waals surface area (Å²) in [5.41, 5.74) is 1.72. The highest BCUT2D eigenvalue weighted by Crippen LogP contribution is 2.21. The molecule has 2 nitrogen and oxygen atoms in total. The van der Waals surface area contributed by atoms with Gasteiger partial charge in [-0.3, -0.25) is 0 Å². The molecule has 0 aliphatic rings. The molecule has 0 spiro atoms. The van der Waals surface area contributed by atoms with Gasteiger partial charge in [0.1, 0.15) is 5.82 Å². The van der Waals surface area contributed by atoms with Crippen molar-refractivity contribution in [2.45, 2.75) is 32.7 Å². The molecule has 1 aromatic rings. The second kappa shape index (κ2) is 5.95. The lowest BCUT2D eigenvalue weighted by Gasteiger charge is -2.17. The molecule has 0 radical (unpaired) electrons. The Labute approximate surface area is 111 Å². The molecular formula is C14H20FNOSi. The second-order valence-electron chi connectivity index (χ2n) is 5.50. The second-order valence-corrected chi connectivity index (χ2v) is 8.20. The molecule has 0 saturated carbocycles. The molecular weight excluding hydrogens is 245 g/mol. The van der Waals surface area contributed by atoms with E-state index in [1.54, 1.807) is 12.3 Å². The van der Waals surface area contributed by atoms with E-state index in [0.29, 0.717) is 5.88 Å². The maximum atomic E-state index is 13.1. The number of nitrogens with zero attached hydrogens (tertiary/aromatic N) is 1. The van der Waals surface area contributed by atoms with Gasteiger partial charge in [0.25, 0.3) is 0 Å². The summed E-state index contributed by atoms with van der Waals surface area (Å²) in [6.07, 6.45) is 1.60. The average Bonchev–Trinajstić information content (AvgIpc) is 2.26. The minimum Gasteiger partial charge on any atom is -0.536 e. The molecule has 0 aliphatic heterocycles. The summed E-state index contributed by atoms with van der Waals surface area (Å²) in [5.74, 6) is 0.137. The summed E-state index contributed by atoms with van der Waals surface area (Å²) in [6.45, 7) is 12.1. The standard InChI is InChI=1S/C14H20FNOSi/c1-10-6-7-13(15)8-12(10)9-16-11(2)17-18-14(3,4)5/h6-9H,2,18H2,1,3-5H3/b16-9+. The van der Waals surface area contributed by atoms with Crippen LogP contribution in [0.5, 0.6) is 0 Å². The third-order valence-corrected chi connectivity index (χ3v) is 3.60. The highest BCUT2D eigenvalue weighted by atomic mass is 28.2. The van der Waals surface area contributed by atoms with Crippen molar-refractivity contribution in [1.29, 1.82) is 0 Å². The number of halogens is 1. The number of hydrogen-bond acceptors (Lipinski definition) is 2. The summed E-state index contributed by atoms with van der Waals surface area (Å²) >= 11 is 0. The normalized spacial score (nSPS) is 12.5. The van der Waals surface area contributed by atoms with Gasteiger partial charge in [0.2, 0.25) is 9.76 Å². The van der Waals surface area contributed by atoms with E-state index in [1.807, 2.05) is 6.92 Å². The van der Waals surface area contributed by atoms with Gasteiger partial charge in [0.15, 0.2) is 5.88 Å². The van der Waals surface area contributed by atoms with Gasteiger partial charge in [-0.2, -0.15) is 0 Å². The van der Waals surface area contributed by atoms with Crippen molar-refractivity contribution in [3.05, 3.63) is 47.6 Å². The first-order chi connectivity index (χ1) is 8.28. The highest BCUT2D eigenvalue weighted by Gasteiger charge is 2.12. The van der Waals surface area contributed by atoms with Crippen LogP contribution in [0.2, 0.25) is 5.04 Å². The molecule has 1 rings (SSSR count). The van der Waals surface area contributed by atoms with Gasteiger partial charge in [-0.15, -0.1) is 0 Å². The van der Waals surface area contributed by atoms with Crippen molar-refractivity contribution in [3.8, 4) is 0 Å². The van der Waals surface area contributed by atoms with Gasteiger partial charge in [-0.05, 0) is 41.8 Å². The van der Waals surface area contributed by atoms with Gasteiger partial charge in [-0.1, -0.05) is 26.8 Å². The topological polar surface area (TPSA) is 21.6 Å². The Morgan fingerprint density at radius 3 is 2.72 bits per heavy atom. The lowest BCUT2D eigenvalue weighted by Crippen LogP contribution is -2.11. The first-order valence-electron chi connectivity index (χ1n) is 5.90. The fourth-order valence-electron chi connectivity index (χ4n) is 1.23. The van der Waals surface area contributed by atoms with Crippen molar-refractivity contribution < 1.29 is 8.82 Å². The van der Waals surface area contributed by atoms with Crippen molar-refractivity contribution in [2.24, 2.45) is 4.99 Å². The van der Waals surface area contributed by atoms with Crippen LogP contribution in [-0.4, -0.2) is 16.0 Å². The summed E-state index contributed by atoms with van der Waals surface area (Å²) in [7, 11) is -0.703. The van der Waals surface area contributed by atoms with Crippen molar-refractivity contribution >= 4 is 16.0 Å². The number of hydrogen-bond donors (Lipinski definition) is 0. The average molecular weight is 265 g/mol. The zero-order valence-electron chi connectivity index (χ0n) is 11.5. The Morgan fingerprint density at radius 1 is 1.44 bits per heavy atom. The largest absolute Gasteiger partial charge is 0.536 e. The zero-order valence-corrected chi connectivity index (χ0v) is 12.9. The van der Waals surface area contributed by atoms with Gasteiger partial charge >= 0.3 is 0 Å². The van der Waals surface area contributed by atoms with Gasteiger partial charge < -0.3 is 4.43 Å². The molecule has 4 heteroatoms. The Balaban J connectivity index is 2.64. The van der Waals surface area contributed by atoms with Crippen LogP contribution in [0.1, 0.15) is 31.9 Å². The van der Waals surface area contributed by atoms with Crippen molar-refractivity contribution in [2.75, 3.05) is 0 Å². The molecule has 1 aromatic carbocycles. The molecule has 0 fully saturated rings. The third kappa shape index (κ3) is 5.27. The van der Waals surface area contributed by atoms with E-state index in [4.69, 9.17) is 4.43 Å². The van der Waals surface area contributed by atoms with Crippen LogP contribution in [0.3, 0.4) is 0 Å². The fourth-order valence-corrected chi connectivity index (χ4v) is 1.90. The number of aliphatic imine (C=N–C) groups is 1. The Kier molecular flexibility index (Phi) is 4.84. The Morgan fingerprint density at radius 2 is 2.11 bits per heavy atom. The third-order valence-electron chi connectivity index (χ3n) is 2.26. The van der Waals surface area contributed by atoms with Crippen LogP contribution in [0, 0.1) is 12.7 Å². The van der Waals surface area contributed by atoms with E-state index in [0.717, 1.165) is 11.1 Å². The maximum Gasteiger partial charge on any atom is 0.226 e. The molecule has 0 aromatic heterocycles. The summed E-state index contributed by atoms with van der Waals surface area (Å²) < 4.78 is 18.6. The Hall–Kier alpha value is -1.42. The lowest BCUT2D eigenvalue weighted by molar-refractivity contribution is 0.425. The molecule has 0 amide bonds. The first-order valence-corrected chi connectivity index (χ1v) is 7.18. The van der Waals surface area contributed by atoms with E-state index in [-0.39, 0.29) is 10.9 Å². The Bertz CT molecular complexity index is 463. The van der Waals surface area contributed by atoms with Crippen LogP contribution in [0.15, 0.2) is 35.7 Å². The van der Waals surface area contributed by atoms with Crippen molar-refractivity contribution in [1.82, 2.24) is 0 Å². The maximum absolute atomic E-state index is 13.1. The van der Waals surface area contributed by atoms with Crippen LogP contribution >= 0.6 is 0 Å². The molecule has 18 heavy (non-hydrogen) atoms. The monoisotopic (exact) mass is 265 g/mol. The molecule has 98 valence electrons. The smallest absolute Gasteiger partial charge is 0.226 e. The van der Waals surface area contributed by atoms with Gasteiger partial charge in [-0.25, -0.2) is 9.38 Å². The van der Waals surface area contributed by atoms with Crippen LogP contribution in [-0.2, 0) is 4.43 Å². The van der Waals surface area contributed by atoms with Crippen LogP contribution in [0.25, 0.3) is 0 Å². The van der Waals surface area contributed by atoms with Crippen LogP contribution < -0.4 is 0 Å². The molecule has 0 N–H and O–H groups in total. The molecule has 0 heterocycles. The quantitative estimate of drug-likeness (QED) is 0.465. The fraction of sp³-hybridized carbons (Fsp3) is 0.357. The summed E-state index contributed by atoms with van der Waals surface area (Å²) in [6, 6.07) is 4.61. The minimum absolute atomic E-state index is 0.202. The molecule has 0 bridgehead atoms. The van der Waals surface area contributed by atoms with Gasteiger partial charge in [0.05, 0.1) is 0 Å². The SMILES string of the molecule is C=C(/N=C/c1cc(F)ccc1C)O[SiH2]C(C)(C)C. The molecule has 0 atom stereocenters. The lowest BCUT2D eigenvalue weighted by atomic mass is 10.1. The van der Waals surface area contributed by atoms with E-state index >= 15 is 0 Å². The highest BCUT2D eigenvalue weighted by molar-refractivity contribution is 6.32. The zero-order chi connectivity index (χ0) is 13.8. The number of aryl methyl sites for hydroxylation is 1. The van der Waals surface area contributed by atoms with E-state index in [9.17, 15) is 4.39 Å². The first kappa shape index (κ1) is 14.6. The number of benzene rings is 1. The summed E-state index contributed by atoms with van der Waals surface area (Å²) in [4.78, 5) is 4.13. The van der Waals surface area contributed by atoms with E-state index < -0.39 is 9.76 Å². The predicted molar refractivity (Wildman–Crippen MR) is 77.2 cm³/mol. The molecule has 0 saturated heterocycles. The number of rotatable bonds is 4. The predicted octanol–water partition coefficient (Wildman–Crippen LogP) is 3.34. The minimum atomic E-state index is -0.703. The van der Waals surface area contributed by atoms with Gasteiger partial charge in [0, 0.05) is 6.21 Å². The van der Waals surface area contributed by atoms with Crippen molar-refractivity contribution in [3.63, 3.8) is 0 Å². The van der Waals surface area contributed by atoms with E-state index in [2.05, 4.69) is 32.3 Å². The van der Waals surface area contributed by atoms with E-state index in [1.165, 1.54) is 12.1 Å². The molecule has 0 aliphatic carbocycles. The summed E-state index contributed by atoms with van der Waals surface area (Å²) in [5, 5.41) is 0.202.